The minimum atomic E-state index is -1.15. The van der Waals surface area contributed by atoms with Crippen molar-refractivity contribution < 1.29 is 9.59 Å². The molecule has 0 spiro atoms. The summed E-state index contributed by atoms with van der Waals surface area (Å²) in [5, 5.41) is 3.58. The molecular weight excluding hydrogens is 335 g/mol. The second-order valence-electron chi connectivity index (χ2n) is 6.41. The fourth-order valence-corrected chi connectivity index (χ4v) is 3.09. The summed E-state index contributed by atoms with van der Waals surface area (Å²) >= 11 is 11.9. The topological polar surface area (TPSA) is 49.4 Å². The molecular formula is C17H22Cl2N2O2. The molecule has 0 unspecified atom stereocenters. The van der Waals surface area contributed by atoms with Crippen molar-refractivity contribution in [1.29, 1.82) is 0 Å². The normalized spacial score (nSPS) is 15.9. The maximum absolute atomic E-state index is 12.8. The maximum Gasteiger partial charge on any atom is 0.239 e. The lowest BCUT2D eigenvalue weighted by Crippen LogP contribution is -2.47. The molecule has 1 N–H and O–H groups in total. The van der Waals surface area contributed by atoms with E-state index in [-0.39, 0.29) is 11.8 Å². The Morgan fingerprint density at radius 3 is 2.26 bits per heavy atom. The molecule has 126 valence electrons. The average molecular weight is 357 g/mol. The second kappa shape index (κ2) is 7.54. The number of anilines is 1. The van der Waals surface area contributed by atoms with Gasteiger partial charge in [-0.25, -0.2) is 0 Å². The quantitative estimate of drug-likeness (QED) is 0.817. The first-order chi connectivity index (χ1) is 10.8. The summed E-state index contributed by atoms with van der Waals surface area (Å²) in [6.45, 7) is 4.74. The molecule has 1 aliphatic rings. The second-order valence-corrected chi connectivity index (χ2v) is 7.25. The molecule has 2 rings (SSSR count). The Hall–Kier alpha value is -1.26. The molecule has 23 heavy (non-hydrogen) atoms. The van der Waals surface area contributed by atoms with Gasteiger partial charge in [0.25, 0.3) is 0 Å². The van der Waals surface area contributed by atoms with Crippen molar-refractivity contribution in [1.82, 2.24) is 4.90 Å². The highest BCUT2D eigenvalue weighted by molar-refractivity contribution is 6.36. The van der Waals surface area contributed by atoms with Crippen LogP contribution in [0.15, 0.2) is 18.2 Å². The predicted octanol–water partition coefficient (Wildman–Crippen LogP) is 4.36. The van der Waals surface area contributed by atoms with Crippen molar-refractivity contribution >= 4 is 40.7 Å². The summed E-state index contributed by atoms with van der Waals surface area (Å²) in [6.07, 6.45) is 4.26. The monoisotopic (exact) mass is 356 g/mol. The maximum atomic E-state index is 12.8. The van der Waals surface area contributed by atoms with E-state index in [0.717, 1.165) is 38.8 Å². The van der Waals surface area contributed by atoms with Crippen LogP contribution < -0.4 is 5.32 Å². The zero-order valence-electron chi connectivity index (χ0n) is 13.5. The number of carbonyl (C=O) groups is 2. The van der Waals surface area contributed by atoms with Gasteiger partial charge in [-0.1, -0.05) is 36.0 Å². The van der Waals surface area contributed by atoms with Crippen molar-refractivity contribution in [3.05, 3.63) is 28.2 Å². The molecule has 1 heterocycles. The van der Waals surface area contributed by atoms with Crippen molar-refractivity contribution in [2.75, 3.05) is 18.4 Å². The summed E-state index contributed by atoms with van der Waals surface area (Å²) in [4.78, 5) is 27.1. The van der Waals surface area contributed by atoms with Crippen molar-refractivity contribution in [3.8, 4) is 0 Å². The molecule has 1 aliphatic heterocycles. The Labute approximate surface area is 147 Å². The third-order valence-electron chi connectivity index (χ3n) is 4.17. The van der Waals surface area contributed by atoms with Crippen LogP contribution in [0.5, 0.6) is 0 Å². The van der Waals surface area contributed by atoms with E-state index in [9.17, 15) is 9.59 Å². The third-order valence-corrected chi connectivity index (χ3v) is 4.72. The third kappa shape index (κ3) is 4.39. The molecule has 0 bridgehead atoms. The van der Waals surface area contributed by atoms with Gasteiger partial charge in [-0.05, 0) is 44.9 Å². The molecule has 0 aliphatic carbocycles. The van der Waals surface area contributed by atoms with Gasteiger partial charge < -0.3 is 10.2 Å². The molecule has 4 nitrogen and oxygen atoms in total. The molecule has 6 heteroatoms. The van der Waals surface area contributed by atoms with E-state index in [1.54, 1.807) is 36.9 Å². The van der Waals surface area contributed by atoms with E-state index in [4.69, 9.17) is 23.2 Å². The Balaban J connectivity index is 2.10. The van der Waals surface area contributed by atoms with Crippen LogP contribution in [0.4, 0.5) is 5.69 Å². The molecule has 1 saturated heterocycles. The molecule has 1 aromatic carbocycles. The van der Waals surface area contributed by atoms with Crippen LogP contribution in [0.2, 0.25) is 10.0 Å². The number of nitrogens with one attached hydrogen (secondary N) is 1. The lowest BCUT2D eigenvalue weighted by Gasteiger charge is -2.30. The van der Waals surface area contributed by atoms with E-state index >= 15 is 0 Å². The number of carbonyl (C=O) groups excluding carboxylic acids is 2. The minimum Gasteiger partial charge on any atom is -0.342 e. The first kappa shape index (κ1) is 18.1. The van der Waals surface area contributed by atoms with Gasteiger partial charge in [-0.3, -0.25) is 9.59 Å². The highest BCUT2D eigenvalue weighted by Crippen LogP contribution is 2.29. The zero-order valence-corrected chi connectivity index (χ0v) is 15.0. The summed E-state index contributed by atoms with van der Waals surface area (Å²) in [7, 11) is 0. The van der Waals surface area contributed by atoms with Gasteiger partial charge in [0.05, 0.1) is 10.7 Å². The summed E-state index contributed by atoms with van der Waals surface area (Å²) in [5.41, 5.74) is -0.689. The Kier molecular flexibility index (Phi) is 5.93. The van der Waals surface area contributed by atoms with Gasteiger partial charge in [0.2, 0.25) is 11.8 Å². The Morgan fingerprint density at radius 1 is 1.09 bits per heavy atom. The number of hydrogen-bond acceptors (Lipinski definition) is 2. The van der Waals surface area contributed by atoms with Crippen molar-refractivity contribution in [2.45, 2.75) is 39.5 Å². The van der Waals surface area contributed by atoms with Gasteiger partial charge in [-0.2, -0.15) is 0 Å². The predicted molar refractivity (Wildman–Crippen MR) is 93.9 cm³/mol. The minimum absolute atomic E-state index is 0.137. The molecule has 1 fully saturated rings. The van der Waals surface area contributed by atoms with Crippen LogP contribution in [-0.4, -0.2) is 29.8 Å². The van der Waals surface area contributed by atoms with Crippen LogP contribution >= 0.6 is 23.2 Å². The highest BCUT2D eigenvalue weighted by atomic mass is 35.5. The van der Waals surface area contributed by atoms with Gasteiger partial charge in [-0.15, -0.1) is 0 Å². The largest absolute Gasteiger partial charge is 0.342 e. The van der Waals surface area contributed by atoms with E-state index < -0.39 is 5.41 Å². The average Bonchev–Trinajstić information content (AvgIpc) is 2.78. The lowest BCUT2D eigenvalue weighted by atomic mass is 9.90. The number of rotatable bonds is 3. The van der Waals surface area contributed by atoms with Crippen LogP contribution in [0, 0.1) is 5.41 Å². The molecule has 0 atom stereocenters. The summed E-state index contributed by atoms with van der Waals surface area (Å²) in [5.74, 6) is -0.502. The molecule has 1 aromatic rings. The number of nitrogens with zero attached hydrogens (tertiary/aromatic N) is 1. The van der Waals surface area contributed by atoms with Crippen LogP contribution in [0.3, 0.4) is 0 Å². The SMILES string of the molecule is CC(C)(C(=O)Nc1ccc(Cl)cc1Cl)C(=O)N1CCCCCC1. The highest BCUT2D eigenvalue weighted by Gasteiger charge is 2.39. The van der Waals surface area contributed by atoms with Crippen LogP contribution in [0.1, 0.15) is 39.5 Å². The van der Waals surface area contributed by atoms with Gasteiger partial charge in [0.1, 0.15) is 5.41 Å². The van der Waals surface area contributed by atoms with Crippen molar-refractivity contribution in [3.63, 3.8) is 0 Å². The molecule has 2 amide bonds. The molecule has 0 saturated carbocycles. The fourth-order valence-electron chi connectivity index (χ4n) is 2.64. The van der Waals surface area contributed by atoms with E-state index in [1.165, 1.54) is 0 Å². The lowest BCUT2D eigenvalue weighted by molar-refractivity contribution is -0.146. The van der Waals surface area contributed by atoms with Gasteiger partial charge in [0.15, 0.2) is 0 Å². The molecule has 0 aromatic heterocycles. The Morgan fingerprint density at radius 2 is 1.70 bits per heavy atom. The first-order valence-electron chi connectivity index (χ1n) is 7.88. The summed E-state index contributed by atoms with van der Waals surface area (Å²) in [6, 6.07) is 4.84. The number of amides is 2. The van der Waals surface area contributed by atoms with Crippen LogP contribution in [-0.2, 0) is 9.59 Å². The van der Waals surface area contributed by atoms with E-state index in [0.29, 0.717) is 15.7 Å². The van der Waals surface area contributed by atoms with Crippen LogP contribution in [0.25, 0.3) is 0 Å². The van der Waals surface area contributed by atoms with Crippen molar-refractivity contribution in [2.24, 2.45) is 5.41 Å². The number of likely N-dealkylation sites (tertiary alicyclic amines) is 1. The van der Waals surface area contributed by atoms with E-state index in [2.05, 4.69) is 5.32 Å². The standard InChI is InChI=1S/C17H22Cl2N2O2/c1-17(2,16(23)21-9-5-3-4-6-10-21)15(22)20-14-8-7-12(18)11-13(14)19/h7-8,11H,3-6,9-10H2,1-2H3,(H,20,22). The number of hydrogen-bond donors (Lipinski definition) is 1. The Bertz CT molecular complexity index is 594. The zero-order chi connectivity index (χ0) is 17.0. The summed E-state index contributed by atoms with van der Waals surface area (Å²) < 4.78 is 0. The first-order valence-corrected chi connectivity index (χ1v) is 8.64. The number of halogens is 2. The van der Waals surface area contributed by atoms with Gasteiger partial charge >= 0.3 is 0 Å². The smallest absolute Gasteiger partial charge is 0.239 e. The van der Waals surface area contributed by atoms with Gasteiger partial charge in [0, 0.05) is 18.1 Å². The number of benzene rings is 1. The fraction of sp³-hybridized carbons (Fsp3) is 0.529. The molecule has 0 radical (unpaired) electrons. The van der Waals surface area contributed by atoms with E-state index in [1.807, 2.05) is 0 Å².